The average molecular weight is 579 g/mol. The first-order valence-corrected chi connectivity index (χ1v) is 15.5. The van der Waals surface area contributed by atoms with Gasteiger partial charge in [0.25, 0.3) is 0 Å². The largest absolute Gasteiger partial charge is 0.497 e. The van der Waals surface area contributed by atoms with E-state index in [1.807, 2.05) is 0 Å². The van der Waals surface area contributed by atoms with Crippen LogP contribution < -0.4 is 14.2 Å². The lowest BCUT2D eigenvalue weighted by molar-refractivity contribution is -0.923. The topological polar surface area (TPSA) is 27.7 Å². The first-order valence-electron chi connectivity index (χ1n) is 15.5. The Kier molecular flexibility index (Phi) is 7.97. The second kappa shape index (κ2) is 11.7. The van der Waals surface area contributed by atoms with E-state index >= 15 is 0 Å². The maximum Gasteiger partial charge on any atom is 0.127 e. The standard InChI is InChI=1S/C38H46N2O3/c1-39(2)21-19-29-11-17-33(41-5)25-35(29)37(39)23-27-7-13-31(14-8-27)43-32-15-9-28(10-16-32)24-38-36-26-34(42-6)18-12-30(36)20-22-40(38,3)4/h7-18,25-26,37-38H,19-24H2,1-6H3/q+2/t37-,38-/m1/s1. The second-order valence-corrected chi connectivity index (χ2v) is 13.5. The summed E-state index contributed by atoms with van der Waals surface area (Å²) in [4.78, 5) is 0. The molecule has 0 N–H and O–H groups in total. The van der Waals surface area contributed by atoms with E-state index in [2.05, 4.69) is 113 Å². The Hall–Kier alpha value is -3.80. The van der Waals surface area contributed by atoms with Crippen molar-refractivity contribution in [2.75, 3.05) is 55.5 Å². The van der Waals surface area contributed by atoms with Gasteiger partial charge in [-0.1, -0.05) is 36.4 Å². The van der Waals surface area contributed by atoms with Gasteiger partial charge in [0, 0.05) is 36.8 Å². The minimum Gasteiger partial charge on any atom is -0.497 e. The number of ether oxygens (including phenoxy) is 3. The van der Waals surface area contributed by atoms with Gasteiger partial charge in [-0.3, -0.25) is 0 Å². The van der Waals surface area contributed by atoms with Crippen molar-refractivity contribution in [2.45, 2.75) is 37.8 Å². The molecule has 5 heteroatoms. The summed E-state index contributed by atoms with van der Waals surface area (Å²) in [5.74, 6) is 3.60. The molecule has 0 amide bonds. The second-order valence-electron chi connectivity index (χ2n) is 13.5. The number of benzene rings is 4. The van der Waals surface area contributed by atoms with Crippen LogP contribution >= 0.6 is 0 Å². The van der Waals surface area contributed by atoms with Crippen LogP contribution in [0.25, 0.3) is 0 Å². The van der Waals surface area contributed by atoms with Gasteiger partial charge in [0.1, 0.15) is 35.1 Å². The molecule has 2 atom stereocenters. The molecule has 4 aromatic rings. The minimum absolute atomic E-state index is 0.388. The molecule has 0 saturated carbocycles. The smallest absolute Gasteiger partial charge is 0.127 e. The van der Waals surface area contributed by atoms with E-state index in [0.717, 1.165) is 70.7 Å². The molecule has 0 saturated heterocycles. The maximum atomic E-state index is 6.28. The van der Waals surface area contributed by atoms with Gasteiger partial charge < -0.3 is 23.2 Å². The first-order chi connectivity index (χ1) is 20.6. The molecule has 0 radical (unpaired) electrons. The highest BCUT2D eigenvalue weighted by Crippen LogP contribution is 2.39. The zero-order valence-electron chi connectivity index (χ0n) is 26.6. The summed E-state index contributed by atoms with van der Waals surface area (Å²) in [5, 5.41) is 0. The van der Waals surface area contributed by atoms with E-state index in [1.54, 1.807) is 14.2 Å². The summed E-state index contributed by atoms with van der Waals surface area (Å²) in [5.41, 5.74) is 8.35. The molecular weight excluding hydrogens is 532 g/mol. The van der Waals surface area contributed by atoms with Crippen molar-refractivity contribution in [1.29, 1.82) is 0 Å². The van der Waals surface area contributed by atoms with Crippen LogP contribution in [0.4, 0.5) is 0 Å². The molecule has 0 aromatic heterocycles. The lowest BCUT2D eigenvalue weighted by atomic mass is 9.87. The highest BCUT2D eigenvalue weighted by atomic mass is 16.5. The third-order valence-corrected chi connectivity index (χ3v) is 9.97. The monoisotopic (exact) mass is 578 g/mol. The van der Waals surface area contributed by atoms with Crippen molar-refractivity contribution in [1.82, 2.24) is 0 Å². The molecule has 0 aliphatic carbocycles. The van der Waals surface area contributed by atoms with Crippen LogP contribution in [-0.4, -0.2) is 64.5 Å². The summed E-state index contributed by atoms with van der Waals surface area (Å²) in [6.07, 6.45) is 4.17. The van der Waals surface area contributed by atoms with Crippen molar-refractivity contribution in [3.05, 3.63) is 118 Å². The van der Waals surface area contributed by atoms with E-state index in [-0.39, 0.29) is 0 Å². The zero-order chi connectivity index (χ0) is 30.2. The van der Waals surface area contributed by atoms with Crippen LogP contribution in [0.1, 0.15) is 45.5 Å². The van der Waals surface area contributed by atoms with Gasteiger partial charge in [-0.2, -0.15) is 0 Å². The predicted molar refractivity (Wildman–Crippen MR) is 173 cm³/mol. The Labute approximate surface area is 257 Å². The molecule has 5 nitrogen and oxygen atoms in total. The van der Waals surface area contributed by atoms with Crippen molar-refractivity contribution in [2.24, 2.45) is 0 Å². The summed E-state index contributed by atoms with van der Waals surface area (Å²) in [6.45, 7) is 2.28. The van der Waals surface area contributed by atoms with Gasteiger partial charge in [-0.15, -0.1) is 0 Å². The summed E-state index contributed by atoms with van der Waals surface area (Å²) in [6, 6.07) is 31.2. The highest BCUT2D eigenvalue weighted by Gasteiger charge is 2.37. The third-order valence-electron chi connectivity index (χ3n) is 9.97. The van der Waals surface area contributed by atoms with Gasteiger partial charge in [0.15, 0.2) is 0 Å². The van der Waals surface area contributed by atoms with Gasteiger partial charge in [0.05, 0.1) is 55.5 Å². The number of hydrogen-bond acceptors (Lipinski definition) is 3. The van der Waals surface area contributed by atoms with Gasteiger partial charge in [0.2, 0.25) is 0 Å². The highest BCUT2D eigenvalue weighted by molar-refractivity contribution is 5.41. The fraction of sp³-hybridized carbons (Fsp3) is 0.368. The van der Waals surface area contributed by atoms with E-state index in [4.69, 9.17) is 14.2 Å². The normalized spacial score (nSPS) is 20.0. The fourth-order valence-corrected chi connectivity index (χ4v) is 7.04. The van der Waals surface area contributed by atoms with Crippen molar-refractivity contribution >= 4 is 0 Å². The molecule has 2 aliphatic rings. The van der Waals surface area contributed by atoms with Crippen LogP contribution in [0.2, 0.25) is 0 Å². The first kappa shape index (κ1) is 29.3. The third kappa shape index (κ3) is 6.15. The Morgan fingerprint density at radius 2 is 0.907 bits per heavy atom. The van der Waals surface area contributed by atoms with E-state index in [1.165, 1.54) is 33.4 Å². The Morgan fingerprint density at radius 3 is 1.28 bits per heavy atom. The lowest BCUT2D eigenvalue weighted by Crippen LogP contribution is -2.48. The number of quaternary nitrogens is 2. The molecule has 43 heavy (non-hydrogen) atoms. The number of likely N-dealkylation sites (N-methyl/N-ethyl adjacent to an activating group) is 2. The molecule has 0 spiro atoms. The molecule has 0 bridgehead atoms. The number of rotatable bonds is 8. The van der Waals surface area contributed by atoms with Crippen LogP contribution in [-0.2, 0) is 25.7 Å². The van der Waals surface area contributed by atoms with Crippen LogP contribution in [0.15, 0.2) is 84.9 Å². The van der Waals surface area contributed by atoms with Gasteiger partial charge in [-0.25, -0.2) is 0 Å². The van der Waals surface area contributed by atoms with Gasteiger partial charge in [-0.05, 0) is 70.8 Å². The molecule has 0 unspecified atom stereocenters. The summed E-state index contributed by atoms with van der Waals surface area (Å²) >= 11 is 0. The van der Waals surface area contributed by atoms with Crippen molar-refractivity contribution < 1.29 is 23.2 Å². The molecule has 6 rings (SSSR count). The quantitative estimate of drug-likeness (QED) is 0.205. The van der Waals surface area contributed by atoms with Gasteiger partial charge >= 0.3 is 0 Å². The Balaban J connectivity index is 1.13. The minimum atomic E-state index is 0.388. The van der Waals surface area contributed by atoms with Crippen LogP contribution in [0.5, 0.6) is 23.0 Å². The lowest BCUT2D eigenvalue weighted by Gasteiger charge is -2.43. The summed E-state index contributed by atoms with van der Waals surface area (Å²) < 4.78 is 19.4. The average Bonchev–Trinajstić information content (AvgIpc) is 3.01. The zero-order valence-corrected chi connectivity index (χ0v) is 26.6. The van der Waals surface area contributed by atoms with E-state index < -0.39 is 0 Å². The van der Waals surface area contributed by atoms with Crippen LogP contribution in [0.3, 0.4) is 0 Å². The number of nitrogens with zero attached hydrogens (tertiary/aromatic N) is 2. The maximum absolute atomic E-state index is 6.28. The number of methoxy groups -OCH3 is 2. The number of hydrogen-bond donors (Lipinski definition) is 0. The van der Waals surface area contributed by atoms with Crippen molar-refractivity contribution in [3.8, 4) is 23.0 Å². The van der Waals surface area contributed by atoms with Crippen LogP contribution in [0, 0.1) is 0 Å². The SMILES string of the molecule is COc1ccc2c(c1)[C@@H](Cc1ccc(Oc3ccc(C[C@@H]4c5cc(OC)ccc5CC[N+]4(C)C)cc3)cc1)[N+](C)(C)CC2. The molecule has 0 fully saturated rings. The summed E-state index contributed by atoms with van der Waals surface area (Å²) in [7, 11) is 12.9. The molecule has 2 aliphatic heterocycles. The predicted octanol–water partition coefficient (Wildman–Crippen LogP) is 7.33. The molecule has 224 valence electrons. The fourth-order valence-electron chi connectivity index (χ4n) is 7.04. The molecule has 2 heterocycles. The molecule has 4 aromatic carbocycles. The Morgan fingerprint density at radius 1 is 0.535 bits per heavy atom. The van der Waals surface area contributed by atoms with Crippen molar-refractivity contribution in [3.63, 3.8) is 0 Å². The van der Waals surface area contributed by atoms with E-state index in [0.29, 0.717) is 12.1 Å². The molecular formula is C38H46N2O3+2. The van der Waals surface area contributed by atoms with E-state index in [9.17, 15) is 0 Å². The number of fused-ring (bicyclic) bond motifs is 2. The Bertz CT molecular complexity index is 1460.